The van der Waals surface area contributed by atoms with Gasteiger partial charge in [0, 0.05) is 28.9 Å². The smallest absolute Gasteiger partial charge is 0.127 e. The predicted molar refractivity (Wildman–Crippen MR) is 91.2 cm³/mol. The molecule has 0 fully saturated rings. The number of hydrogen-bond acceptors (Lipinski definition) is 2. The highest BCUT2D eigenvalue weighted by Crippen LogP contribution is 2.39. The minimum absolute atomic E-state index is 0.872. The predicted octanol–water partition coefficient (Wildman–Crippen LogP) is 5.06. The molecular weight excluding hydrogens is 270 g/mol. The molecule has 22 heavy (non-hydrogen) atoms. The van der Waals surface area contributed by atoms with E-state index in [0.717, 1.165) is 22.3 Å². The van der Waals surface area contributed by atoms with Crippen LogP contribution in [0.2, 0.25) is 0 Å². The van der Waals surface area contributed by atoms with E-state index in [-0.39, 0.29) is 0 Å². The van der Waals surface area contributed by atoms with Crippen LogP contribution in [-0.2, 0) is 0 Å². The van der Waals surface area contributed by atoms with Crippen molar-refractivity contribution < 1.29 is 4.74 Å². The molecule has 0 amide bonds. The first-order valence-corrected chi connectivity index (χ1v) is 7.27. The second-order valence-electron chi connectivity index (χ2n) is 5.27. The molecule has 0 saturated carbocycles. The van der Waals surface area contributed by atoms with Gasteiger partial charge in [0.05, 0.1) is 7.11 Å². The first-order chi connectivity index (χ1) is 10.9. The van der Waals surface area contributed by atoms with Gasteiger partial charge < -0.3 is 4.74 Å². The molecule has 106 valence electrons. The number of methoxy groups -OCH3 is 1. The van der Waals surface area contributed by atoms with E-state index in [0.29, 0.717) is 0 Å². The van der Waals surface area contributed by atoms with Crippen LogP contribution in [0.1, 0.15) is 0 Å². The molecular formula is C20H15NO. The number of nitrogens with zero attached hydrogens (tertiary/aromatic N) is 1. The number of ether oxygens (including phenoxy) is 1. The maximum absolute atomic E-state index is 5.63. The van der Waals surface area contributed by atoms with Crippen LogP contribution in [-0.4, -0.2) is 12.1 Å². The minimum Gasteiger partial charge on any atom is -0.496 e. The molecule has 4 aromatic rings. The molecule has 0 aliphatic rings. The maximum Gasteiger partial charge on any atom is 0.127 e. The number of benzene rings is 3. The van der Waals surface area contributed by atoms with Crippen molar-refractivity contribution in [3.8, 4) is 16.9 Å². The average Bonchev–Trinajstić information content (AvgIpc) is 2.60. The molecule has 0 aliphatic heterocycles. The molecule has 4 rings (SSSR count). The Kier molecular flexibility index (Phi) is 3.01. The summed E-state index contributed by atoms with van der Waals surface area (Å²) in [6.07, 6.45) is 3.82. The molecule has 2 heteroatoms. The molecule has 1 aromatic heterocycles. The SMILES string of the molecule is COc1ccc2ccccc2c1-c1cncc2ccccc12. The lowest BCUT2D eigenvalue weighted by Crippen LogP contribution is -1.91. The average molecular weight is 285 g/mol. The number of aromatic nitrogens is 1. The normalized spacial score (nSPS) is 11.0. The van der Waals surface area contributed by atoms with Gasteiger partial charge in [0.1, 0.15) is 5.75 Å². The zero-order valence-corrected chi connectivity index (χ0v) is 12.3. The fourth-order valence-electron chi connectivity index (χ4n) is 3.02. The van der Waals surface area contributed by atoms with Crippen LogP contribution in [0.3, 0.4) is 0 Å². The lowest BCUT2D eigenvalue weighted by Gasteiger charge is -2.14. The van der Waals surface area contributed by atoms with Gasteiger partial charge in [-0.1, -0.05) is 54.6 Å². The lowest BCUT2D eigenvalue weighted by molar-refractivity contribution is 0.417. The quantitative estimate of drug-likeness (QED) is 0.513. The Bertz CT molecular complexity index is 970. The number of pyridine rings is 1. The van der Waals surface area contributed by atoms with E-state index in [2.05, 4.69) is 53.5 Å². The van der Waals surface area contributed by atoms with Crippen molar-refractivity contribution in [3.05, 3.63) is 73.1 Å². The van der Waals surface area contributed by atoms with E-state index in [4.69, 9.17) is 4.74 Å². The Hall–Kier alpha value is -2.87. The maximum atomic E-state index is 5.63. The Morgan fingerprint density at radius 2 is 1.45 bits per heavy atom. The first-order valence-electron chi connectivity index (χ1n) is 7.27. The van der Waals surface area contributed by atoms with Crippen LogP contribution in [0.25, 0.3) is 32.7 Å². The van der Waals surface area contributed by atoms with Gasteiger partial charge in [-0.2, -0.15) is 0 Å². The largest absolute Gasteiger partial charge is 0.496 e. The van der Waals surface area contributed by atoms with E-state index in [1.165, 1.54) is 16.2 Å². The third kappa shape index (κ3) is 1.92. The Balaban J connectivity index is 2.16. The van der Waals surface area contributed by atoms with Crippen molar-refractivity contribution in [1.29, 1.82) is 0 Å². The molecule has 0 unspecified atom stereocenters. The summed E-state index contributed by atoms with van der Waals surface area (Å²) < 4.78 is 5.63. The third-order valence-corrected chi connectivity index (χ3v) is 4.05. The second kappa shape index (κ2) is 5.15. The molecule has 0 bridgehead atoms. The standard InChI is InChI=1S/C20H15NO/c1-22-19-11-10-14-6-2-5-9-17(14)20(19)18-13-21-12-15-7-3-4-8-16(15)18/h2-13H,1H3. The number of rotatable bonds is 2. The van der Waals surface area contributed by atoms with E-state index in [1.54, 1.807) is 7.11 Å². The molecule has 3 aromatic carbocycles. The van der Waals surface area contributed by atoms with Crippen LogP contribution < -0.4 is 4.74 Å². The molecule has 0 saturated heterocycles. The zero-order chi connectivity index (χ0) is 14.9. The highest BCUT2D eigenvalue weighted by atomic mass is 16.5. The molecule has 2 nitrogen and oxygen atoms in total. The van der Waals surface area contributed by atoms with Crippen LogP contribution >= 0.6 is 0 Å². The summed E-state index contributed by atoms with van der Waals surface area (Å²) in [6, 6.07) is 20.8. The lowest BCUT2D eigenvalue weighted by atomic mass is 9.95. The van der Waals surface area contributed by atoms with Crippen LogP contribution in [0.4, 0.5) is 0 Å². The topological polar surface area (TPSA) is 22.1 Å². The molecule has 0 spiro atoms. The fourth-order valence-corrected chi connectivity index (χ4v) is 3.02. The molecule has 1 heterocycles. The Morgan fingerprint density at radius 1 is 0.727 bits per heavy atom. The summed E-state index contributed by atoms with van der Waals surface area (Å²) in [4.78, 5) is 4.42. The van der Waals surface area contributed by atoms with Gasteiger partial charge in [0.25, 0.3) is 0 Å². The Morgan fingerprint density at radius 3 is 2.27 bits per heavy atom. The summed E-state index contributed by atoms with van der Waals surface area (Å²) in [5, 5.41) is 4.70. The highest BCUT2D eigenvalue weighted by Gasteiger charge is 2.13. The van der Waals surface area contributed by atoms with E-state index >= 15 is 0 Å². The van der Waals surface area contributed by atoms with E-state index < -0.39 is 0 Å². The molecule has 0 N–H and O–H groups in total. The number of fused-ring (bicyclic) bond motifs is 2. The minimum atomic E-state index is 0.872. The zero-order valence-electron chi connectivity index (χ0n) is 12.3. The van der Waals surface area contributed by atoms with Gasteiger partial charge in [-0.3, -0.25) is 4.98 Å². The van der Waals surface area contributed by atoms with Gasteiger partial charge in [-0.05, 0) is 22.2 Å². The third-order valence-electron chi connectivity index (χ3n) is 4.05. The molecule has 0 aliphatic carbocycles. The van der Waals surface area contributed by atoms with Gasteiger partial charge >= 0.3 is 0 Å². The molecule has 0 radical (unpaired) electrons. The van der Waals surface area contributed by atoms with E-state index in [1.807, 2.05) is 24.5 Å². The second-order valence-corrected chi connectivity index (χ2v) is 5.27. The summed E-state index contributed by atoms with van der Waals surface area (Å²) in [6.45, 7) is 0. The Labute approximate surface area is 129 Å². The van der Waals surface area contributed by atoms with Crippen molar-refractivity contribution in [2.45, 2.75) is 0 Å². The van der Waals surface area contributed by atoms with Crippen molar-refractivity contribution in [2.24, 2.45) is 0 Å². The van der Waals surface area contributed by atoms with Crippen molar-refractivity contribution in [1.82, 2.24) is 4.98 Å². The van der Waals surface area contributed by atoms with Crippen LogP contribution in [0.15, 0.2) is 73.1 Å². The summed E-state index contributed by atoms with van der Waals surface area (Å²) in [7, 11) is 1.71. The molecule has 0 atom stereocenters. The number of hydrogen-bond donors (Lipinski definition) is 0. The van der Waals surface area contributed by atoms with Crippen LogP contribution in [0, 0.1) is 0 Å². The van der Waals surface area contributed by atoms with Gasteiger partial charge in [-0.15, -0.1) is 0 Å². The first kappa shape index (κ1) is 12.8. The van der Waals surface area contributed by atoms with Crippen molar-refractivity contribution in [2.75, 3.05) is 7.11 Å². The van der Waals surface area contributed by atoms with Crippen LogP contribution in [0.5, 0.6) is 5.75 Å². The van der Waals surface area contributed by atoms with Gasteiger partial charge in [-0.25, -0.2) is 0 Å². The summed E-state index contributed by atoms with van der Waals surface area (Å²) in [5.74, 6) is 0.872. The van der Waals surface area contributed by atoms with Crippen molar-refractivity contribution in [3.63, 3.8) is 0 Å². The summed E-state index contributed by atoms with van der Waals surface area (Å²) >= 11 is 0. The fraction of sp³-hybridized carbons (Fsp3) is 0.0500. The van der Waals surface area contributed by atoms with E-state index in [9.17, 15) is 0 Å². The van der Waals surface area contributed by atoms with Gasteiger partial charge in [0.2, 0.25) is 0 Å². The highest BCUT2D eigenvalue weighted by molar-refractivity contribution is 6.07. The summed E-state index contributed by atoms with van der Waals surface area (Å²) in [5.41, 5.74) is 2.21. The van der Waals surface area contributed by atoms with Crippen molar-refractivity contribution >= 4 is 21.5 Å². The van der Waals surface area contributed by atoms with Gasteiger partial charge in [0.15, 0.2) is 0 Å². The monoisotopic (exact) mass is 285 g/mol.